The van der Waals surface area contributed by atoms with Crippen LogP contribution in [0.3, 0.4) is 0 Å². The summed E-state index contributed by atoms with van der Waals surface area (Å²) in [5.74, 6) is 0.0624. The van der Waals surface area contributed by atoms with Crippen molar-refractivity contribution in [3.63, 3.8) is 0 Å². The van der Waals surface area contributed by atoms with Crippen LogP contribution in [0.1, 0.15) is 34.9 Å². The minimum Gasteiger partial charge on any atom is -0.491 e. The largest absolute Gasteiger partial charge is 0.491 e. The average molecular weight is 538 g/mol. The maximum Gasteiger partial charge on any atom is 0.322 e. The van der Waals surface area contributed by atoms with Gasteiger partial charge in [-0.25, -0.2) is 9.18 Å². The van der Waals surface area contributed by atoms with Crippen molar-refractivity contribution in [2.24, 2.45) is 0 Å². The second-order valence-electron chi connectivity index (χ2n) is 9.73. The number of aryl methyl sites for hydroxylation is 1. The Morgan fingerprint density at radius 2 is 1.95 bits per heavy atom. The Labute approximate surface area is 226 Å². The molecule has 0 radical (unpaired) electrons. The van der Waals surface area contributed by atoms with E-state index in [-0.39, 0.29) is 43.1 Å². The van der Waals surface area contributed by atoms with E-state index in [0.717, 1.165) is 30.4 Å². The van der Waals surface area contributed by atoms with Gasteiger partial charge in [-0.3, -0.25) is 4.79 Å². The molecule has 38 heavy (non-hydrogen) atoms. The van der Waals surface area contributed by atoms with E-state index in [0.29, 0.717) is 31.1 Å². The van der Waals surface area contributed by atoms with Gasteiger partial charge < -0.3 is 24.6 Å². The van der Waals surface area contributed by atoms with E-state index in [1.165, 1.54) is 17.0 Å². The van der Waals surface area contributed by atoms with E-state index < -0.39 is 0 Å². The zero-order valence-electron chi connectivity index (χ0n) is 21.4. The highest BCUT2D eigenvalue weighted by Crippen LogP contribution is 2.34. The molecule has 2 aliphatic heterocycles. The van der Waals surface area contributed by atoms with E-state index in [9.17, 15) is 14.0 Å². The lowest BCUT2D eigenvalue weighted by Crippen LogP contribution is -2.50. The number of halogens is 1. The number of amides is 3. The number of rotatable bonds is 8. The van der Waals surface area contributed by atoms with Gasteiger partial charge in [0, 0.05) is 30.3 Å². The number of nitrogens with one attached hydrogen (secondary N) is 1. The highest BCUT2D eigenvalue weighted by Gasteiger charge is 2.34. The van der Waals surface area contributed by atoms with Crippen molar-refractivity contribution in [2.45, 2.75) is 38.3 Å². The summed E-state index contributed by atoms with van der Waals surface area (Å²) >= 11 is 1.67. The number of nitrogens with zero attached hydrogens (tertiary/aromatic N) is 2. The standard InChI is InChI=1S/C29H32FN3O4S/c1-20-4-8-22(9-5-20)31-29(35)32(17-24-3-2-15-36-24)18-28(34)33-14-12-27-25(13-16-38-27)26(33)19-37-23-10-6-21(30)7-11-23/h4-11,13,16,24,26H,2-3,12,14-15,17-19H2,1H3,(H,31,35)/t24-,26+/m0/s1. The normalized spacial score (nSPS) is 18.6. The van der Waals surface area contributed by atoms with E-state index in [2.05, 4.69) is 5.32 Å². The molecule has 1 fully saturated rings. The smallest absolute Gasteiger partial charge is 0.322 e. The van der Waals surface area contributed by atoms with Crippen LogP contribution < -0.4 is 10.1 Å². The van der Waals surface area contributed by atoms with Crippen LogP contribution in [-0.4, -0.2) is 60.7 Å². The van der Waals surface area contributed by atoms with Crippen molar-refractivity contribution < 1.29 is 23.5 Å². The second kappa shape index (κ2) is 12.0. The van der Waals surface area contributed by atoms with Crippen molar-refractivity contribution in [2.75, 3.05) is 38.2 Å². The van der Waals surface area contributed by atoms with Crippen LogP contribution in [0.2, 0.25) is 0 Å². The number of ether oxygens (including phenoxy) is 2. The Bertz CT molecular complexity index is 1240. The van der Waals surface area contributed by atoms with Crippen molar-refractivity contribution in [3.05, 3.63) is 81.8 Å². The third kappa shape index (κ3) is 6.34. The van der Waals surface area contributed by atoms with Crippen LogP contribution >= 0.6 is 11.3 Å². The molecule has 9 heteroatoms. The third-order valence-corrected chi connectivity index (χ3v) is 8.00. The molecule has 3 heterocycles. The molecular formula is C29H32FN3O4S. The molecule has 0 bridgehead atoms. The summed E-state index contributed by atoms with van der Waals surface area (Å²) in [5, 5.41) is 4.96. The van der Waals surface area contributed by atoms with Crippen LogP contribution in [0.25, 0.3) is 0 Å². The highest BCUT2D eigenvalue weighted by molar-refractivity contribution is 7.10. The molecule has 7 nitrogen and oxygen atoms in total. The van der Waals surface area contributed by atoms with Crippen LogP contribution in [0.15, 0.2) is 60.0 Å². The molecule has 1 saturated heterocycles. The second-order valence-corrected chi connectivity index (χ2v) is 10.7. The van der Waals surface area contributed by atoms with Gasteiger partial charge in [0.25, 0.3) is 0 Å². The lowest BCUT2D eigenvalue weighted by atomic mass is 10.0. The zero-order chi connectivity index (χ0) is 26.5. The molecule has 0 spiro atoms. The van der Waals surface area contributed by atoms with Gasteiger partial charge in [-0.2, -0.15) is 0 Å². The molecule has 2 atom stereocenters. The number of carbonyl (C=O) groups is 2. The molecule has 1 N–H and O–H groups in total. The molecule has 2 aromatic carbocycles. The Morgan fingerprint density at radius 1 is 1.16 bits per heavy atom. The molecule has 200 valence electrons. The molecule has 5 rings (SSSR count). The van der Waals surface area contributed by atoms with Crippen LogP contribution in [0.5, 0.6) is 5.75 Å². The molecule has 2 aliphatic rings. The SMILES string of the molecule is Cc1ccc(NC(=O)N(CC(=O)N2CCc3sccc3[C@H]2COc2ccc(F)cc2)C[C@@H]2CCCO2)cc1. The maximum atomic E-state index is 13.7. The number of benzene rings is 2. The molecule has 3 aromatic rings. The summed E-state index contributed by atoms with van der Waals surface area (Å²) in [7, 11) is 0. The van der Waals surface area contributed by atoms with Gasteiger partial charge in [0.15, 0.2) is 0 Å². The Balaban J connectivity index is 1.31. The van der Waals surface area contributed by atoms with Gasteiger partial charge in [0.05, 0.1) is 12.1 Å². The first-order valence-electron chi connectivity index (χ1n) is 12.9. The first kappa shape index (κ1) is 26.2. The number of fused-ring (bicyclic) bond motifs is 1. The lowest BCUT2D eigenvalue weighted by molar-refractivity contribution is -0.135. The van der Waals surface area contributed by atoms with Crippen molar-refractivity contribution in [1.82, 2.24) is 9.80 Å². The quantitative estimate of drug-likeness (QED) is 0.417. The summed E-state index contributed by atoms with van der Waals surface area (Å²) in [5.41, 5.74) is 2.84. The predicted octanol–water partition coefficient (Wildman–Crippen LogP) is 5.41. The fourth-order valence-corrected chi connectivity index (χ4v) is 5.86. The van der Waals surface area contributed by atoms with Gasteiger partial charge in [-0.1, -0.05) is 17.7 Å². The van der Waals surface area contributed by atoms with E-state index in [1.54, 1.807) is 33.3 Å². The molecule has 0 saturated carbocycles. The van der Waals surface area contributed by atoms with Crippen molar-refractivity contribution in [1.29, 1.82) is 0 Å². The first-order chi connectivity index (χ1) is 18.5. The lowest BCUT2D eigenvalue weighted by Gasteiger charge is -2.37. The highest BCUT2D eigenvalue weighted by atomic mass is 32.1. The van der Waals surface area contributed by atoms with Crippen molar-refractivity contribution in [3.8, 4) is 5.75 Å². The molecular weight excluding hydrogens is 505 g/mol. The van der Waals surface area contributed by atoms with E-state index >= 15 is 0 Å². The molecule has 0 aliphatic carbocycles. The van der Waals surface area contributed by atoms with Crippen LogP contribution in [0.4, 0.5) is 14.9 Å². The minimum atomic E-state index is -0.331. The van der Waals surface area contributed by atoms with Crippen LogP contribution in [0, 0.1) is 12.7 Å². The summed E-state index contributed by atoms with van der Waals surface area (Å²) in [6.07, 6.45) is 2.47. The van der Waals surface area contributed by atoms with Gasteiger partial charge in [-0.05, 0) is 79.6 Å². The first-order valence-corrected chi connectivity index (χ1v) is 13.8. The number of thiophene rings is 1. The topological polar surface area (TPSA) is 71.1 Å². The molecule has 1 aromatic heterocycles. The van der Waals surface area contributed by atoms with Gasteiger partial charge >= 0.3 is 6.03 Å². The summed E-state index contributed by atoms with van der Waals surface area (Å²) in [4.78, 5) is 31.7. The van der Waals surface area contributed by atoms with E-state index in [1.807, 2.05) is 42.6 Å². The molecule has 3 amide bonds. The Kier molecular flexibility index (Phi) is 8.24. The van der Waals surface area contributed by atoms with Crippen LogP contribution in [-0.2, 0) is 16.0 Å². The maximum absolute atomic E-state index is 13.7. The zero-order valence-corrected chi connectivity index (χ0v) is 22.2. The van der Waals surface area contributed by atoms with Crippen molar-refractivity contribution >= 4 is 29.0 Å². The Morgan fingerprint density at radius 3 is 2.68 bits per heavy atom. The fourth-order valence-electron chi connectivity index (χ4n) is 4.93. The van der Waals surface area contributed by atoms with Gasteiger partial charge in [0.2, 0.25) is 5.91 Å². The minimum absolute atomic E-state index is 0.0654. The van der Waals surface area contributed by atoms with Gasteiger partial charge in [-0.15, -0.1) is 11.3 Å². The number of urea groups is 1. The summed E-state index contributed by atoms with van der Waals surface area (Å²) in [6, 6.07) is 14.8. The number of anilines is 1. The van der Waals surface area contributed by atoms with Gasteiger partial charge in [0.1, 0.15) is 24.7 Å². The number of hydrogen-bond acceptors (Lipinski definition) is 5. The Hall–Kier alpha value is -3.43. The third-order valence-electron chi connectivity index (χ3n) is 7.00. The van der Waals surface area contributed by atoms with E-state index in [4.69, 9.17) is 9.47 Å². The molecule has 0 unspecified atom stereocenters. The summed E-state index contributed by atoms with van der Waals surface area (Å²) < 4.78 is 25.1. The monoisotopic (exact) mass is 537 g/mol. The number of hydrogen-bond donors (Lipinski definition) is 1. The number of carbonyl (C=O) groups excluding carboxylic acids is 2. The fraction of sp³-hybridized carbons (Fsp3) is 0.379. The average Bonchev–Trinajstić information content (AvgIpc) is 3.61. The predicted molar refractivity (Wildman–Crippen MR) is 145 cm³/mol. The summed E-state index contributed by atoms with van der Waals surface area (Å²) in [6.45, 7) is 3.71.